The molecular formula is C13H15N3O2. The molecule has 0 radical (unpaired) electrons. The van der Waals surface area contributed by atoms with E-state index >= 15 is 0 Å². The predicted octanol–water partition coefficient (Wildman–Crippen LogP) is 2.08. The number of nitrogens with zero attached hydrogens (tertiary/aromatic N) is 3. The Kier molecular flexibility index (Phi) is 2.54. The van der Waals surface area contributed by atoms with Crippen molar-refractivity contribution < 1.29 is 9.32 Å². The molecule has 5 heteroatoms. The van der Waals surface area contributed by atoms with Crippen LogP contribution in [0.4, 0.5) is 0 Å². The lowest BCUT2D eigenvalue weighted by molar-refractivity contribution is 0.0794. The molecule has 18 heavy (non-hydrogen) atoms. The van der Waals surface area contributed by atoms with Gasteiger partial charge in [-0.05, 0) is 32.8 Å². The first kappa shape index (κ1) is 11.2. The largest absolute Gasteiger partial charge is 0.339 e. The number of fused-ring (bicyclic) bond motifs is 1. The van der Waals surface area contributed by atoms with Gasteiger partial charge in [0, 0.05) is 18.8 Å². The lowest BCUT2D eigenvalue weighted by Gasteiger charge is -2.15. The van der Waals surface area contributed by atoms with Crippen molar-refractivity contribution in [2.75, 3.05) is 13.1 Å². The maximum Gasteiger partial charge on any atom is 0.258 e. The van der Waals surface area contributed by atoms with Crippen LogP contribution in [-0.4, -0.2) is 34.0 Å². The Labute approximate surface area is 105 Å². The molecule has 1 amide bonds. The van der Waals surface area contributed by atoms with E-state index in [0.29, 0.717) is 11.3 Å². The van der Waals surface area contributed by atoms with Crippen LogP contribution in [0.3, 0.4) is 0 Å². The van der Waals surface area contributed by atoms with E-state index in [0.717, 1.165) is 42.7 Å². The average Bonchev–Trinajstić information content (AvgIpc) is 2.97. The summed E-state index contributed by atoms with van der Waals surface area (Å²) < 4.78 is 5.15. The van der Waals surface area contributed by atoms with Crippen LogP contribution >= 0.6 is 0 Å². The van der Waals surface area contributed by atoms with Crippen LogP contribution in [0.5, 0.6) is 0 Å². The van der Waals surface area contributed by atoms with Crippen molar-refractivity contribution >= 4 is 17.0 Å². The molecule has 5 nitrogen and oxygen atoms in total. The number of likely N-dealkylation sites (tertiary alicyclic amines) is 1. The predicted molar refractivity (Wildman–Crippen MR) is 66.4 cm³/mol. The SMILES string of the molecule is Cc1cc(C(=O)N2CCCC2)c2c(C)noc2n1. The Morgan fingerprint density at radius 1 is 1.33 bits per heavy atom. The number of amides is 1. The van der Waals surface area contributed by atoms with E-state index in [2.05, 4.69) is 10.1 Å². The number of carbonyl (C=O) groups excluding carboxylic acids is 1. The van der Waals surface area contributed by atoms with E-state index in [9.17, 15) is 4.79 Å². The zero-order valence-electron chi connectivity index (χ0n) is 10.6. The summed E-state index contributed by atoms with van der Waals surface area (Å²) in [4.78, 5) is 18.6. The molecule has 0 bridgehead atoms. The summed E-state index contributed by atoms with van der Waals surface area (Å²) in [7, 11) is 0. The van der Waals surface area contributed by atoms with Gasteiger partial charge in [0.2, 0.25) is 0 Å². The standard InChI is InChI=1S/C13H15N3O2/c1-8-7-10(13(17)16-5-3-4-6-16)11-9(2)15-18-12(11)14-8/h7H,3-6H2,1-2H3. The lowest BCUT2D eigenvalue weighted by atomic mass is 10.1. The zero-order valence-corrected chi connectivity index (χ0v) is 10.6. The third kappa shape index (κ3) is 1.66. The quantitative estimate of drug-likeness (QED) is 0.771. The highest BCUT2D eigenvalue weighted by molar-refractivity contribution is 6.06. The Morgan fingerprint density at radius 2 is 2.06 bits per heavy atom. The average molecular weight is 245 g/mol. The van der Waals surface area contributed by atoms with Crippen LogP contribution in [0.25, 0.3) is 11.1 Å². The van der Waals surface area contributed by atoms with Gasteiger partial charge < -0.3 is 9.42 Å². The fourth-order valence-electron chi connectivity index (χ4n) is 2.48. The van der Waals surface area contributed by atoms with Gasteiger partial charge in [0.15, 0.2) is 0 Å². The van der Waals surface area contributed by atoms with Crippen molar-refractivity contribution in [1.29, 1.82) is 0 Å². The highest BCUT2D eigenvalue weighted by Gasteiger charge is 2.24. The van der Waals surface area contributed by atoms with E-state index in [-0.39, 0.29) is 5.91 Å². The zero-order chi connectivity index (χ0) is 12.7. The monoisotopic (exact) mass is 245 g/mol. The molecule has 0 N–H and O–H groups in total. The molecule has 0 unspecified atom stereocenters. The molecule has 0 aromatic carbocycles. The first-order chi connectivity index (χ1) is 8.66. The molecule has 0 aliphatic carbocycles. The minimum Gasteiger partial charge on any atom is -0.339 e. The second-order valence-corrected chi connectivity index (χ2v) is 4.76. The minimum absolute atomic E-state index is 0.0642. The van der Waals surface area contributed by atoms with E-state index in [4.69, 9.17) is 4.52 Å². The van der Waals surface area contributed by atoms with Gasteiger partial charge in [-0.15, -0.1) is 0 Å². The molecule has 94 valence electrons. The van der Waals surface area contributed by atoms with Crippen molar-refractivity contribution in [3.63, 3.8) is 0 Å². The van der Waals surface area contributed by atoms with Crippen LogP contribution in [0.15, 0.2) is 10.6 Å². The molecule has 0 spiro atoms. The minimum atomic E-state index is 0.0642. The van der Waals surface area contributed by atoms with Crippen molar-refractivity contribution in [1.82, 2.24) is 15.0 Å². The van der Waals surface area contributed by atoms with Gasteiger partial charge in [0.05, 0.1) is 16.6 Å². The number of aryl methyl sites for hydroxylation is 2. The van der Waals surface area contributed by atoms with Crippen molar-refractivity contribution in [2.45, 2.75) is 26.7 Å². The van der Waals surface area contributed by atoms with Crippen LogP contribution in [-0.2, 0) is 0 Å². The van der Waals surface area contributed by atoms with Crippen molar-refractivity contribution in [3.05, 3.63) is 23.0 Å². The summed E-state index contributed by atoms with van der Waals surface area (Å²) in [5.41, 5.74) is 2.62. The first-order valence-electron chi connectivity index (χ1n) is 6.20. The highest BCUT2D eigenvalue weighted by Crippen LogP contribution is 2.24. The fourth-order valence-corrected chi connectivity index (χ4v) is 2.48. The second kappa shape index (κ2) is 4.08. The smallest absolute Gasteiger partial charge is 0.258 e. The summed E-state index contributed by atoms with van der Waals surface area (Å²) in [5.74, 6) is 0.0642. The van der Waals surface area contributed by atoms with E-state index in [1.807, 2.05) is 24.8 Å². The summed E-state index contributed by atoms with van der Waals surface area (Å²) in [6.45, 7) is 5.37. The molecule has 0 atom stereocenters. The lowest BCUT2D eigenvalue weighted by Crippen LogP contribution is -2.28. The topological polar surface area (TPSA) is 59.2 Å². The highest BCUT2D eigenvalue weighted by atomic mass is 16.5. The number of carbonyl (C=O) groups is 1. The van der Waals surface area contributed by atoms with Gasteiger partial charge in [-0.25, -0.2) is 4.98 Å². The van der Waals surface area contributed by atoms with Gasteiger partial charge in [-0.1, -0.05) is 5.16 Å². The van der Waals surface area contributed by atoms with E-state index in [1.165, 1.54) is 0 Å². The second-order valence-electron chi connectivity index (χ2n) is 4.76. The van der Waals surface area contributed by atoms with Gasteiger partial charge >= 0.3 is 0 Å². The molecule has 1 aliphatic rings. The van der Waals surface area contributed by atoms with E-state index in [1.54, 1.807) is 0 Å². The Hall–Kier alpha value is -1.91. The summed E-state index contributed by atoms with van der Waals surface area (Å²) >= 11 is 0. The number of aromatic nitrogens is 2. The Bertz CT molecular complexity index is 612. The van der Waals surface area contributed by atoms with Gasteiger partial charge in [0.25, 0.3) is 11.6 Å². The van der Waals surface area contributed by atoms with Crippen molar-refractivity contribution in [3.8, 4) is 0 Å². The van der Waals surface area contributed by atoms with E-state index < -0.39 is 0 Å². The van der Waals surface area contributed by atoms with Gasteiger partial charge in [-0.3, -0.25) is 4.79 Å². The molecule has 2 aromatic heterocycles. The molecule has 0 saturated carbocycles. The molecule has 1 fully saturated rings. The molecule has 1 aliphatic heterocycles. The van der Waals surface area contributed by atoms with Crippen LogP contribution in [0, 0.1) is 13.8 Å². The van der Waals surface area contributed by atoms with Crippen molar-refractivity contribution in [2.24, 2.45) is 0 Å². The summed E-state index contributed by atoms with van der Waals surface area (Å²) in [6.07, 6.45) is 2.17. The third-order valence-corrected chi connectivity index (χ3v) is 3.37. The molecular weight excluding hydrogens is 230 g/mol. The number of pyridine rings is 1. The summed E-state index contributed by atoms with van der Waals surface area (Å²) in [5, 5.41) is 4.65. The molecule has 1 saturated heterocycles. The molecule has 3 rings (SSSR count). The number of hydrogen-bond acceptors (Lipinski definition) is 4. The van der Waals surface area contributed by atoms with Crippen LogP contribution in [0.1, 0.15) is 34.6 Å². The fraction of sp³-hybridized carbons (Fsp3) is 0.462. The van der Waals surface area contributed by atoms with Gasteiger partial charge in [0.1, 0.15) is 0 Å². The normalized spacial score (nSPS) is 15.6. The number of hydrogen-bond donors (Lipinski definition) is 0. The Balaban J connectivity index is 2.14. The molecule has 3 heterocycles. The third-order valence-electron chi connectivity index (χ3n) is 3.37. The van der Waals surface area contributed by atoms with Gasteiger partial charge in [-0.2, -0.15) is 0 Å². The first-order valence-corrected chi connectivity index (χ1v) is 6.20. The molecule has 2 aromatic rings. The summed E-state index contributed by atoms with van der Waals surface area (Å²) in [6, 6.07) is 1.83. The van der Waals surface area contributed by atoms with Crippen LogP contribution in [0.2, 0.25) is 0 Å². The van der Waals surface area contributed by atoms with Crippen LogP contribution < -0.4 is 0 Å². The maximum atomic E-state index is 12.5. The maximum absolute atomic E-state index is 12.5. The Morgan fingerprint density at radius 3 is 2.78 bits per heavy atom. The number of rotatable bonds is 1.